The van der Waals surface area contributed by atoms with Gasteiger partial charge in [-0.3, -0.25) is 0 Å². The van der Waals surface area contributed by atoms with E-state index in [1.165, 1.54) is 6.07 Å². The third kappa shape index (κ3) is 4.52. The number of nitriles is 1. The van der Waals surface area contributed by atoms with Gasteiger partial charge in [0.25, 0.3) is 0 Å². The monoisotopic (exact) mass is 334 g/mol. The number of nitrogens with one attached hydrogen (secondary N) is 1. The van der Waals surface area contributed by atoms with Crippen LogP contribution in [0, 0.1) is 17.1 Å². The molecule has 0 aliphatic carbocycles. The number of aromatic nitrogens is 2. The summed E-state index contributed by atoms with van der Waals surface area (Å²) in [6.07, 6.45) is 0. The van der Waals surface area contributed by atoms with Crippen LogP contribution >= 0.6 is 0 Å². The molecule has 2 aromatic carbocycles. The molecule has 25 heavy (non-hydrogen) atoms. The smallest absolute Gasteiger partial charge is 0.163 e. The van der Waals surface area contributed by atoms with Crippen LogP contribution in [0.1, 0.15) is 16.8 Å². The van der Waals surface area contributed by atoms with Crippen molar-refractivity contribution in [1.82, 2.24) is 10.2 Å². The van der Waals surface area contributed by atoms with Gasteiger partial charge in [0.2, 0.25) is 0 Å². The van der Waals surface area contributed by atoms with Gasteiger partial charge < -0.3 is 10.1 Å². The molecular formula is C19H15FN4O. The topological polar surface area (TPSA) is 70.8 Å². The highest BCUT2D eigenvalue weighted by molar-refractivity contribution is 5.37. The first-order valence-corrected chi connectivity index (χ1v) is 7.67. The van der Waals surface area contributed by atoms with Crippen molar-refractivity contribution >= 4 is 5.82 Å². The van der Waals surface area contributed by atoms with E-state index in [0.717, 1.165) is 5.56 Å². The summed E-state index contributed by atoms with van der Waals surface area (Å²) in [4.78, 5) is 0. The summed E-state index contributed by atoms with van der Waals surface area (Å²) in [6.45, 7) is 0.749. The van der Waals surface area contributed by atoms with Crippen LogP contribution in [-0.2, 0) is 13.2 Å². The summed E-state index contributed by atoms with van der Waals surface area (Å²) in [5.41, 5.74) is 1.83. The van der Waals surface area contributed by atoms with Crippen molar-refractivity contribution in [3.63, 3.8) is 0 Å². The molecular weight excluding hydrogens is 319 g/mol. The van der Waals surface area contributed by atoms with Gasteiger partial charge in [-0.15, -0.1) is 10.2 Å². The molecule has 0 aliphatic heterocycles. The first-order valence-electron chi connectivity index (χ1n) is 7.67. The van der Waals surface area contributed by atoms with Gasteiger partial charge in [0.15, 0.2) is 5.69 Å². The zero-order valence-electron chi connectivity index (χ0n) is 13.3. The molecule has 0 bridgehead atoms. The minimum absolute atomic E-state index is 0.186. The Morgan fingerprint density at radius 1 is 1.00 bits per heavy atom. The molecule has 3 rings (SSSR count). The van der Waals surface area contributed by atoms with Crippen molar-refractivity contribution in [2.45, 2.75) is 13.2 Å². The number of anilines is 1. The molecule has 0 spiro atoms. The predicted molar refractivity (Wildman–Crippen MR) is 91.2 cm³/mol. The molecule has 1 N–H and O–H groups in total. The molecule has 5 nitrogen and oxygen atoms in total. The van der Waals surface area contributed by atoms with Crippen LogP contribution in [0.4, 0.5) is 10.2 Å². The van der Waals surface area contributed by atoms with Gasteiger partial charge in [-0.25, -0.2) is 4.39 Å². The zero-order valence-corrected chi connectivity index (χ0v) is 13.3. The Kier molecular flexibility index (Phi) is 5.17. The lowest BCUT2D eigenvalue weighted by Gasteiger charge is -2.09. The Balaban J connectivity index is 1.53. The summed E-state index contributed by atoms with van der Waals surface area (Å²) in [5.74, 6) is 0.996. The molecule has 1 aromatic heterocycles. The second-order valence-electron chi connectivity index (χ2n) is 5.29. The highest BCUT2D eigenvalue weighted by Crippen LogP contribution is 2.16. The minimum Gasteiger partial charge on any atom is -0.489 e. The van der Waals surface area contributed by atoms with Crippen LogP contribution in [0.25, 0.3) is 0 Å². The Labute approximate surface area is 144 Å². The SMILES string of the molecule is N#Cc1ccc(NCc2ccc(OCc3ccccc3F)cc2)nn1. The largest absolute Gasteiger partial charge is 0.489 e. The molecule has 0 amide bonds. The summed E-state index contributed by atoms with van der Waals surface area (Å²) < 4.78 is 19.2. The van der Waals surface area contributed by atoms with Gasteiger partial charge >= 0.3 is 0 Å². The second-order valence-corrected chi connectivity index (χ2v) is 5.29. The highest BCUT2D eigenvalue weighted by Gasteiger charge is 2.02. The van der Waals surface area contributed by atoms with E-state index in [4.69, 9.17) is 10.00 Å². The average molecular weight is 334 g/mol. The number of hydrogen-bond acceptors (Lipinski definition) is 5. The molecule has 0 radical (unpaired) electrons. The zero-order chi connectivity index (χ0) is 17.5. The Bertz CT molecular complexity index is 873. The van der Waals surface area contributed by atoms with E-state index in [2.05, 4.69) is 15.5 Å². The number of benzene rings is 2. The van der Waals surface area contributed by atoms with Crippen LogP contribution in [0.5, 0.6) is 5.75 Å². The molecule has 0 atom stereocenters. The van der Waals surface area contributed by atoms with Crippen molar-refractivity contribution in [3.05, 3.63) is 83.3 Å². The van der Waals surface area contributed by atoms with E-state index in [1.807, 2.05) is 30.3 Å². The molecule has 3 aromatic rings. The number of hydrogen-bond donors (Lipinski definition) is 1. The third-order valence-electron chi connectivity index (χ3n) is 3.53. The fourth-order valence-electron chi connectivity index (χ4n) is 2.16. The maximum absolute atomic E-state index is 13.5. The van der Waals surface area contributed by atoms with Gasteiger partial charge in [-0.2, -0.15) is 5.26 Å². The van der Waals surface area contributed by atoms with E-state index >= 15 is 0 Å². The van der Waals surface area contributed by atoms with E-state index < -0.39 is 0 Å². The van der Waals surface area contributed by atoms with Crippen molar-refractivity contribution in [2.24, 2.45) is 0 Å². The Morgan fingerprint density at radius 3 is 2.48 bits per heavy atom. The molecule has 0 saturated carbocycles. The van der Waals surface area contributed by atoms with Crippen molar-refractivity contribution in [2.75, 3.05) is 5.32 Å². The highest BCUT2D eigenvalue weighted by atomic mass is 19.1. The third-order valence-corrected chi connectivity index (χ3v) is 3.53. The summed E-state index contributed by atoms with van der Waals surface area (Å²) in [7, 11) is 0. The Morgan fingerprint density at radius 2 is 1.80 bits per heavy atom. The lowest BCUT2D eigenvalue weighted by Crippen LogP contribution is -2.03. The Hall–Kier alpha value is -3.46. The molecule has 6 heteroatoms. The van der Waals surface area contributed by atoms with Gasteiger partial charge in [0.1, 0.15) is 30.1 Å². The van der Waals surface area contributed by atoms with Gasteiger partial charge in [-0.05, 0) is 35.9 Å². The quantitative estimate of drug-likeness (QED) is 0.744. The van der Waals surface area contributed by atoms with E-state index in [1.54, 1.807) is 30.3 Å². The fraction of sp³-hybridized carbons (Fsp3) is 0.105. The number of nitrogens with zero attached hydrogens (tertiary/aromatic N) is 3. The molecule has 0 fully saturated rings. The fourth-order valence-corrected chi connectivity index (χ4v) is 2.16. The van der Waals surface area contributed by atoms with Crippen LogP contribution in [-0.4, -0.2) is 10.2 Å². The number of halogens is 1. The van der Waals surface area contributed by atoms with E-state index in [9.17, 15) is 4.39 Å². The maximum Gasteiger partial charge on any atom is 0.163 e. The minimum atomic E-state index is -0.271. The second kappa shape index (κ2) is 7.88. The van der Waals surface area contributed by atoms with Crippen LogP contribution in [0.3, 0.4) is 0 Å². The van der Waals surface area contributed by atoms with Gasteiger partial charge in [0.05, 0.1) is 0 Å². The summed E-state index contributed by atoms with van der Waals surface area (Å²) in [6, 6.07) is 19.3. The molecule has 0 aliphatic rings. The van der Waals surface area contributed by atoms with Crippen LogP contribution < -0.4 is 10.1 Å². The van der Waals surface area contributed by atoms with Gasteiger partial charge in [0, 0.05) is 12.1 Å². The lowest BCUT2D eigenvalue weighted by atomic mass is 10.2. The first-order chi connectivity index (χ1) is 12.2. The molecule has 124 valence electrons. The van der Waals surface area contributed by atoms with Gasteiger partial charge in [-0.1, -0.05) is 30.3 Å². The van der Waals surface area contributed by atoms with E-state index in [0.29, 0.717) is 23.7 Å². The molecule has 0 unspecified atom stereocenters. The lowest BCUT2D eigenvalue weighted by molar-refractivity contribution is 0.300. The summed E-state index contributed by atoms with van der Waals surface area (Å²) in [5, 5.41) is 19.5. The normalized spacial score (nSPS) is 10.1. The average Bonchev–Trinajstić information content (AvgIpc) is 2.67. The molecule has 1 heterocycles. The van der Waals surface area contributed by atoms with E-state index in [-0.39, 0.29) is 18.1 Å². The number of rotatable bonds is 6. The molecule has 0 saturated heterocycles. The number of ether oxygens (including phenoxy) is 1. The van der Waals surface area contributed by atoms with Crippen molar-refractivity contribution < 1.29 is 9.13 Å². The van der Waals surface area contributed by atoms with Crippen LogP contribution in [0.15, 0.2) is 60.7 Å². The summed E-state index contributed by atoms with van der Waals surface area (Å²) >= 11 is 0. The predicted octanol–water partition coefficient (Wildman–Crippen LogP) is 3.68. The van der Waals surface area contributed by atoms with Crippen LogP contribution in [0.2, 0.25) is 0 Å². The standard InChI is InChI=1S/C19H15FN4O/c20-18-4-2-1-3-15(18)13-25-17-8-5-14(6-9-17)12-22-19-10-7-16(11-21)23-24-19/h1-10H,12-13H2,(H,22,24). The first kappa shape index (κ1) is 16.4. The van der Waals surface area contributed by atoms with Crippen molar-refractivity contribution in [1.29, 1.82) is 5.26 Å². The van der Waals surface area contributed by atoms with Crippen molar-refractivity contribution in [3.8, 4) is 11.8 Å². The maximum atomic E-state index is 13.5.